The monoisotopic (exact) mass is 236 g/mol. The van der Waals surface area contributed by atoms with Crippen LogP contribution in [0.25, 0.3) is 0 Å². The number of hydrogen-bond donors (Lipinski definition) is 1. The lowest BCUT2D eigenvalue weighted by molar-refractivity contribution is -0.117. The van der Waals surface area contributed by atoms with Gasteiger partial charge in [-0.25, -0.2) is 4.68 Å². The van der Waals surface area contributed by atoms with E-state index < -0.39 is 0 Å². The lowest BCUT2D eigenvalue weighted by Crippen LogP contribution is -2.24. The summed E-state index contributed by atoms with van der Waals surface area (Å²) in [5.41, 5.74) is 5.34. The van der Waals surface area contributed by atoms with Crippen LogP contribution in [0.4, 0.5) is 5.82 Å². The van der Waals surface area contributed by atoms with Crippen molar-refractivity contribution >= 4 is 17.6 Å². The Labute approximate surface area is 99.4 Å². The van der Waals surface area contributed by atoms with Crippen LogP contribution in [0.3, 0.4) is 0 Å². The van der Waals surface area contributed by atoms with Gasteiger partial charge in [0.2, 0.25) is 11.8 Å². The average Bonchev–Trinajstić information content (AvgIpc) is 2.93. The number of amides is 1. The summed E-state index contributed by atoms with van der Waals surface area (Å²) in [5.74, 6) is 0.548. The Hall–Kier alpha value is -1.69. The third kappa shape index (κ3) is 2.52. The summed E-state index contributed by atoms with van der Waals surface area (Å²) in [6, 6.07) is 1.70. The van der Waals surface area contributed by atoms with Crippen LogP contribution in [-0.4, -0.2) is 34.7 Å². The number of carbonyl (C=O) groups is 2. The normalized spacial score (nSPS) is 15.6. The van der Waals surface area contributed by atoms with Gasteiger partial charge in [-0.3, -0.25) is 14.5 Å². The first-order chi connectivity index (χ1) is 8.22. The topological polar surface area (TPSA) is 81.2 Å². The summed E-state index contributed by atoms with van der Waals surface area (Å²) in [5, 5.41) is 4.13. The molecule has 0 bridgehead atoms. The number of anilines is 1. The molecule has 0 spiro atoms. The molecule has 6 nitrogen and oxygen atoms in total. The third-order valence-corrected chi connectivity index (χ3v) is 2.78. The fourth-order valence-electron chi connectivity index (χ4n) is 1.86. The Bertz CT molecular complexity index is 427. The Kier molecular flexibility index (Phi) is 3.53. The van der Waals surface area contributed by atoms with Crippen LogP contribution in [-0.2, 0) is 4.79 Å². The predicted molar refractivity (Wildman–Crippen MR) is 62.7 cm³/mol. The summed E-state index contributed by atoms with van der Waals surface area (Å²) >= 11 is 0. The van der Waals surface area contributed by atoms with Crippen LogP contribution in [0.1, 0.15) is 30.5 Å². The molecule has 92 valence electrons. The minimum Gasteiger partial charge on any atom is -0.330 e. The first-order valence-corrected chi connectivity index (χ1v) is 5.81. The molecule has 1 saturated heterocycles. The van der Waals surface area contributed by atoms with E-state index in [0.29, 0.717) is 38.2 Å². The van der Waals surface area contributed by atoms with Crippen molar-refractivity contribution in [3.8, 4) is 0 Å². The van der Waals surface area contributed by atoms with Gasteiger partial charge in [0.15, 0.2) is 5.82 Å². The summed E-state index contributed by atoms with van der Waals surface area (Å²) < 4.78 is 1.29. The van der Waals surface area contributed by atoms with Crippen molar-refractivity contribution in [3.05, 3.63) is 12.3 Å². The summed E-state index contributed by atoms with van der Waals surface area (Å²) in [7, 11) is 0. The highest BCUT2D eigenvalue weighted by atomic mass is 16.2. The second-order valence-corrected chi connectivity index (χ2v) is 4.05. The van der Waals surface area contributed by atoms with Gasteiger partial charge in [0.1, 0.15) is 0 Å². The summed E-state index contributed by atoms with van der Waals surface area (Å²) in [6.07, 6.45) is 4.04. The molecular formula is C11H16N4O2. The smallest absolute Gasteiger partial charge is 0.246 e. The predicted octanol–water partition coefficient (Wildman–Crippen LogP) is 0.389. The van der Waals surface area contributed by atoms with Gasteiger partial charge in [-0.1, -0.05) is 0 Å². The third-order valence-electron chi connectivity index (χ3n) is 2.78. The summed E-state index contributed by atoms with van der Waals surface area (Å²) in [4.78, 5) is 24.8. The maximum absolute atomic E-state index is 11.7. The highest BCUT2D eigenvalue weighted by Gasteiger charge is 2.23. The quantitative estimate of drug-likeness (QED) is 0.819. The molecule has 0 aliphatic carbocycles. The number of hydrogen-bond acceptors (Lipinski definition) is 4. The first kappa shape index (κ1) is 11.8. The molecule has 1 aliphatic rings. The van der Waals surface area contributed by atoms with Crippen molar-refractivity contribution in [2.24, 2.45) is 5.73 Å². The number of nitrogens with two attached hydrogens (primary N) is 1. The van der Waals surface area contributed by atoms with Gasteiger partial charge in [0.25, 0.3) is 0 Å². The second-order valence-electron chi connectivity index (χ2n) is 4.05. The molecule has 2 heterocycles. The van der Waals surface area contributed by atoms with Gasteiger partial charge >= 0.3 is 0 Å². The summed E-state index contributed by atoms with van der Waals surface area (Å²) in [6.45, 7) is 1.18. The van der Waals surface area contributed by atoms with Crippen LogP contribution >= 0.6 is 0 Å². The van der Waals surface area contributed by atoms with E-state index in [4.69, 9.17) is 5.73 Å². The zero-order chi connectivity index (χ0) is 12.3. The van der Waals surface area contributed by atoms with E-state index in [9.17, 15) is 9.59 Å². The maximum Gasteiger partial charge on any atom is 0.246 e. The van der Waals surface area contributed by atoms with Gasteiger partial charge < -0.3 is 5.73 Å². The molecule has 0 unspecified atom stereocenters. The maximum atomic E-state index is 11.7. The first-order valence-electron chi connectivity index (χ1n) is 5.81. The number of aromatic nitrogens is 2. The van der Waals surface area contributed by atoms with E-state index in [1.807, 2.05) is 0 Å². The Morgan fingerprint density at radius 3 is 3.00 bits per heavy atom. The molecule has 0 saturated carbocycles. The fourth-order valence-corrected chi connectivity index (χ4v) is 1.86. The van der Waals surface area contributed by atoms with Crippen molar-refractivity contribution in [3.63, 3.8) is 0 Å². The van der Waals surface area contributed by atoms with E-state index in [1.54, 1.807) is 17.2 Å². The molecule has 1 aliphatic heterocycles. The van der Waals surface area contributed by atoms with E-state index in [0.717, 1.165) is 6.42 Å². The Morgan fingerprint density at radius 2 is 2.35 bits per heavy atom. The van der Waals surface area contributed by atoms with E-state index in [1.165, 1.54) is 4.68 Å². The molecule has 0 atom stereocenters. The van der Waals surface area contributed by atoms with Crippen LogP contribution in [0.15, 0.2) is 12.3 Å². The van der Waals surface area contributed by atoms with Gasteiger partial charge in [-0.2, -0.15) is 0 Å². The molecule has 2 rings (SSSR count). The molecule has 1 amide bonds. The van der Waals surface area contributed by atoms with Crippen molar-refractivity contribution < 1.29 is 9.59 Å². The molecule has 17 heavy (non-hydrogen) atoms. The molecule has 0 aromatic carbocycles. The van der Waals surface area contributed by atoms with Crippen LogP contribution < -0.4 is 10.6 Å². The Morgan fingerprint density at radius 1 is 1.53 bits per heavy atom. The number of rotatable bonds is 4. The van der Waals surface area contributed by atoms with Crippen LogP contribution in [0, 0.1) is 0 Å². The van der Waals surface area contributed by atoms with Gasteiger partial charge in [-0.15, -0.1) is 5.10 Å². The molecular weight excluding hydrogens is 220 g/mol. The molecule has 2 N–H and O–H groups in total. The minimum atomic E-state index is -0.0895. The molecule has 1 fully saturated rings. The Balaban J connectivity index is 2.05. The number of nitrogens with zero attached hydrogens (tertiary/aromatic N) is 3. The fraction of sp³-hybridized carbons (Fsp3) is 0.545. The van der Waals surface area contributed by atoms with Crippen LogP contribution in [0.2, 0.25) is 0 Å². The van der Waals surface area contributed by atoms with E-state index in [-0.39, 0.29) is 11.8 Å². The van der Waals surface area contributed by atoms with E-state index in [2.05, 4.69) is 5.10 Å². The van der Waals surface area contributed by atoms with Gasteiger partial charge in [0, 0.05) is 31.6 Å². The van der Waals surface area contributed by atoms with Crippen molar-refractivity contribution in [1.29, 1.82) is 0 Å². The largest absolute Gasteiger partial charge is 0.330 e. The highest BCUT2D eigenvalue weighted by Crippen LogP contribution is 2.18. The molecule has 1 aromatic rings. The highest BCUT2D eigenvalue weighted by molar-refractivity contribution is 5.94. The standard InChI is InChI=1S/C11H16N4O2/c12-6-1-3-11(17)15-8-5-9(13-15)14-7-2-4-10(14)16/h5,8H,1-4,6-7,12H2. The molecule has 6 heteroatoms. The average molecular weight is 236 g/mol. The number of carbonyl (C=O) groups excluding carboxylic acids is 2. The molecule has 1 aromatic heterocycles. The minimum absolute atomic E-state index is 0.0738. The van der Waals surface area contributed by atoms with E-state index >= 15 is 0 Å². The zero-order valence-corrected chi connectivity index (χ0v) is 9.63. The van der Waals surface area contributed by atoms with Crippen molar-refractivity contribution in [1.82, 2.24) is 9.78 Å². The van der Waals surface area contributed by atoms with Crippen molar-refractivity contribution in [2.75, 3.05) is 18.0 Å². The lowest BCUT2D eigenvalue weighted by Gasteiger charge is -2.10. The second kappa shape index (κ2) is 5.09. The van der Waals surface area contributed by atoms with Crippen LogP contribution in [0.5, 0.6) is 0 Å². The van der Waals surface area contributed by atoms with Gasteiger partial charge in [-0.05, 0) is 19.4 Å². The van der Waals surface area contributed by atoms with Gasteiger partial charge in [0.05, 0.1) is 0 Å². The molecule has 0 radical (unpaired) electrons. The SMILES string of the molecule is NCCCC(=O)n1ccc(N2CCCC2=O)n1. The lowest BCUT2D eigenvalue weighted by atomic mass is 10.3. The zero-order valence-electron chi connectivity index (χ0n) is 9.63. The van der Waals surface area contributed by atoms with Crippen molar-refractivity contribution in [2.45, 2.75) is 25.7 Å².